The van der Waals surface area contributed by atoms with E-state index in [-0.39, 0.29) is 11.6 Å². The van der Waals surface area contributed by atoms with E-state index in [0.717, 1.165) is 13.1 Å². The van der Waals surface area contributed by atoms with Gasteiger partial charge in [0.25, 0.3) is 11.8 Å². The molecule has 0 aliphatic carbocycles. The normalized spacial score (nSPS) is 14.4. The Morgan fingerprint density at radius 1 is 1.04 bits per heavy atom. The largest absolute Gasteiger partial charge is 0.465 e. The molecule has 28 heavy (non-hydrogen) atoms. The molecule has 8 nitrogen and oxygen atoms in total. The van der Waals surface area contributed by atoms with Gasteiger partial charge in [0.1, 0.15) is 5.69 Å². The molecule has 2 heterocycles. The highest BCUT2D eigenvalue weighted by Crippen LogP contribution is 2.14. The number of rotatable bonds is 4. The second kappa shape index (κ2) is 8.62. The van der Waals surface area contributed by atoms with Crippen molar-refractivity contribution >= 4 is 23.5 Å². The zero-order valence-corrected chi connectivity index (χ0v) is 15.8. The number of likely N-dealkylation sites (N-methyl/N-ethyl adjacent to an activating group) is 1. The zero-order valence-electron chi connectivity index (χ0n) is 15.8. The Kier molecular flexibility index (Phi) is 6.00. The first-order chi connectivity index (χ1) is 13.5. The summed E-state index contributed by atoms with van der Waals surface area (Å²) in [6.07, 6.45) is 1.45. The van der Waals surface area contributed by atoms with E-state index in [1.54, 1.807) is 29.2 Å². The van der Waals surface area contributed by atoms with Crippen molar-refractivity contribution in [1.82, 2.24) is 14.8 Å². The van der Waals surface area contributed by atoms with Gasteiger partial charge in [0.2, 0.25) is 0 Å². The number of nitrogens with one attached hydrogen (secondary N) is 1. The lowest BCUT2D eigenvalue weighted by Crippen LogP contribution is -2.47. The maximum Gasteiger partial charge on any atom is 0.337 e. The molecule has 2 amide bonds. The van der Waals surface area contributed by atoms with E-state index in [1.165, 1.54) is 25.4 Å². The first-order valence-corrected chi connectivity index (χ1v) is 8.91. The predicted octanol–water partition coefficient (Wildman–Crippen LogP) is 1.51. The molecule has 1 aromatic carbocycles. The van der Waals surface area contributed by atoms with Crippen LogP contribution in [0.2, 0.25) is 0 Å². The number of pyridine rings is 1. The highest BCUT2D eigenvalue weighted by molar-refractivity contribution is 6.05. The number of amides is 2. The molecule has 1 N–H and O–H groups in total. The number of hydrogen-bond donors (Lipinski definition) is 1. The van der Waals surface area contributed by atoms with E-state index in [4.69, 9.17) is 0 Å². The third-order valence-corrected chi connectivity index (χ3v) is 4.57. The molecule has 0 radical (unpaired) electrons. The molecule has 1 aliphatic heterocycles. The van der Waals surface area contributed by atoms with Crippen molar-refractivity contribution in [2.24, 2.45) is 0 Å². The number of hydrogen-bond acceptors (Lipinski definition) is 6. The molecule has 1 fully saturated rings. The van der Waals surface area contributed by atoms with Gasteiger partial charge in [-0.05, 0) is 37.4 Å². The Morgan fingerprint density at radius 3 is 2.50 bits per heavy atom. The molecular weight excluding hydrogens is 360 g/mol. The van der Waals surface area contributed by atoms with Crippen LogP contribution >= 0.6 is 0 Å². The molecule has 0 spiro atoms. The maximum absolute atomic E-state index is 12.7. The topological polar surface area (TPSA) is 91.8 Å². The predicted molar refractivity (Wildman–Crippen MR) is 103 cm³/mol. The summed E-state index contributed by atoms with van der Waals surface area (Å²) in [4.78, 5) is 44.9. The minimum Gasteiger partial charge on any atom is -0.465 e. The average molecular weight is 382 g/mol. The number of methoxy groups -OCH3 is 1. The van der Waals surface area contributed by atoms with E-state index >= 15 is 0 Å². The summed E-state index contributed by atoms with van der Waals surface area (Å²) in [5, 5.41) is 2.69. The number of piperazine rings is 1. The number of ether oxygens (including phenoxy) is 1. The van der Waals surface area contributed by atoms with Gasteiger partial charge in [-0.2, -0.15) is 0 Å². The van der Waals surface area contributed by atoms with E-state index < -0.39 is 11.9 Å². The summed E-state index contributed by atoms with van der Waals surface area (Å²) in [5.74, 6) is -1.07. The SMILES string of the molecule is COC(=O)c1cccc(NC(=O)c2cc(C(=O)N3CCN(C)CC3)ccn2)c1. The van der Waals surface area contributed by atoms with Crippen LogP contribution in [0, 0.1) is 0 Å². The number of benzene rings is 1. The molecular formula is C20H22N4O4. The summed E-state index contributed by atoms with van der Waals surface area (Å²) in [6, 6.07) is 9.50. The molecule has 3 rings (SSSR count). The van der Waals surface area contributed by atoms with Crippen molar-refractivity contribution in [3.8, 4) is 0 Å². The molecule has 146 valence electrons. The second-order valence-electron chi connectivity index (χ2n) is 6.55. The standard InChI is InChI=1S/C20H22N4O4/c1-23-8-10-24(11-9-23)19(26)14-6-7-21-17(13-14)18(25)22-16-5-3-4-15(12-16)20(27)28-2/h3-7,12-13H,8-11H2,1-2H3,(H,22,25). The summed E-state index contributed by atoms with van der Waals surface area (Å²) in [6.45, 7) is 2.94. The first-order valence-electron chi connectivity index (χ1n) is 8.91. The fourth-order valence-electron chi connectivity index (χ4n) is 2.92. The Hall–Kier alpha value is -3.26. The Balaban J connectivity index is 1.72. The molecule has 1 saturated heterocycles. The number of carbonyl (C=O) groups is 3. The van der Waals surface area contributed by atoms with Crippen LogP contribution in [-0.2, 0) is 4.74 Å². The van der Waals surface area contributed by atoms with Crippen LogP contribution in [0.4, 0.5) is 5.69 Å². The lowest BCUT2D eigenvalue weighted by Gasteiger charge is -2.32. The van der Waals surface area contributed by atoms with Gasteiger partial charge in [-0.3, -0.25) is 14.6 Å². The summed E-state index contributed by atoms with van der Waals surface area (Å²) >= 11 is 0. The molecule has 0 bridgehead atoms. The van der Waals surface area contributed by atoms with Crippen molar-refractivity contribution in [1.29, 1.82) is 0 Å². The van der Waals surface area contributed by atoms with Gasteiger partial charge in [0.15, 0.2) is 0 Å². The van der Waals surface area contributed by atoms with Gasteiger partial charge in [-0.15, -0.1) is 0 Å². The summed E-state index contributed by atoms with van der Waals surface area (Å²) in [5.41, 5.74) is 1.31. The molecule has 1 aliphatic rings. The van der Waals surface area contributed by atoms with Crippen LogP contribution in [0.15, 0.2) is 42.6 Å². The molecule has 1 aromatic heterocycles. The van der Waals surface area contributed by atoms with Gasteiger partial charge >= 0.3 is 5.97 Å². The lowest BCUT2D eigenvalue weighted by molar-refractivity contribution is 0.0599. The second-order valence-corrected chi connectivity index (χ2v) is 6.55. The van der Waals surface area contributed by atoms with Crippen LogP contribution in [0.5, 0.6) is 0 Å². The number of aromatic nitrogens is 1. The smallest absolute Gasteiger partial charge is 0.337 e. The number of anilines is 1. The highest BCUT2D eigenvalue weighted by atomic mass is 16.5. The van der Waals surface area contributed by atoms with Crippen molar-refractivity contribution in [3.63, 3.8) is 0 Å². The third-order valence-electron chi connectivity index (χ3n) is 4.57. The molecule has 8 heteroatoms. The van der Waals surface area contributed by atoms with Crippen molar-refractivity contribution in [3.05, 3.63) is 59.4 Å². The van der Waals surface area contributed by atoms with E-state index in [0.29, 0.717) is 29.9 Å². The minimum absolute atomic E-state index is 0.114. The van der Waals surface area contributed by atoms with Gasteiger partial charge in [0, 0.05) is 43.6 Å². The molecule has 0 saturated carbocycles. The van der Waals surface area contributed by atoms with Crippen molar-refractivity contribution in [2.75, 3.05) is 45.7 Å². The van der Waals surface area contributed by atoms with Crippen molar-refractivity contribution in [2.45, 2.75) is 0 Å². The first kappa shape index (κ1) is 19.5. The fraction of sp³-hybridized carbons (Fsp3) is 0.300. The van der Waals surface area contributed by atoms with Crippen LogP contribution in [0.3, 0.4) is 0 Å². The van der Waals surface area contributed by atoms with Gasteiger partial charge < -0.3 is 19.9 Å². The maximum atomic E-state index is 12.7. The number of nitrogens with zero attached hydrogens (tertiary/aromatic N) is 3. The van der Waals surface area contributed by atoms with Crippen LogP contribution in [0.25, 0.3) is 0 Å². The van der Waals surface area contributed by atoms with Crippen molar-refractivity contribution < 1.29 is 19.1 Å². The molecule has 0 unspecified atom stereocenters. The highest BCUT2D eigenvalue weighted by Gasteiger charge is 2.21. The summed E-state index contributed by atoms with van der Waals surface area (Å²) < 4.78 is 4.68. The average Bonchev–Trinajstić information content (AvgIpc) is 2.73. The monoisotopic (exact) mass is 382 g/mol. The van der Waals surface area contributed by atoms with Crippen LogP contribution in [-0.4, -0.2) is 72.9 Å². The Labute approximate surface area is 163 Å². The Morgan fingerprint density at radius 2 is 1.79 bits per heavy atom. The lowest BCUT2D eigenvalue weighted by atomic mass is 10.1. The quantitative estimate of drug-likeness (QED) is 0.806. The minimum atomic E-state index is -0.492. The van der Waals surface area contributed by atoms with Gasteiger partial charge in [-0.25, -0.2) is 4.79 Å². The third kappa shape index (κ3) is 4.52. The van der Waals surface area contributed by atoms with Gasteiger partial charge in [0.05, 0.1) is 12.7 Å². The van der Waals surface area contributed by atoms with Crippen LogP contribution in [0.1, 0.15) is 31.2 Å². The van der Waals surface area contributed by atoms with Gasteiger partial charge in [-0.1, -0.05) is 6.07 Å². The van der Waals surface area contributed by atoms with E-state index in [1.807, 2.05) is 7.05 Å². The zero-order chi connectivity index (χ0) is 20.1. The number of carbonyl (C=O) groups excluding carboxylic acids is 3. The fourth-order valence-corrected chi connectivity index (χ4v) is 2.92. The molecule has 0 atom stereocenters. The summed E-state index contributed by atoms with van der Waals surface area (Å²) in [7, 11) is 3.31. The van der Waals surface area contributed by atoms with E-state index in [2.05, 4.69) is 19.9 Å². The van der Waals surface area contributed by atoms with Crippen LogP contribution < -0.4 is 5.32 Å². The van der Waals surface area contributed by atoms with E-state index in [9.17, 15) is 14.4 Å². The Bertz CT molecular complexity index is 891. The molecule has 2 aromatic rings. The number of esters is 1.